The minimum atomic E-state index is -0.337. The highest BCUT2D eigenvalue weighted by atomic mass is 19.1. The Bertz CT molecular complexity index is 739. The number of aryl methyl sites for hydroxylation is 2. The molecule has 0 radical (unpaired) electrons. The highest BCUT2D eigenvalue weighted by molar-refractivity contribution is 5.78. The Hall–Kier alpha value is -2.54. The lowest BCUT2D eigenvalue weighted by Gasteiger charge is -2.35. The zero-order valence-electron chi connectivity index (χ0n) is 14.7. The standard InChI is InChI=1S/C19H22FN3O3/c1-14-18(22-9-8-21-14)7-4-16-12-25-11-10-23(16)19(24)13-26-17-5-2-15(20)3-6-17/h2-3,5-6,8-9,16H,4,7,10-13H2,1H3/t16-/m0/s1. The van der Waals surface area contributed by atoms with E-state index in [9.17, 15) is 9.18 Å². The smallest absolute Gasteiger partial charge is 0.260 e. The second kappa shape index (κ2) is 8.71. The second-order valence-electron chi connectivity index (χ2n) is 6.19. The van der Waals surface area contributed by atoms with Gasteiger partial charge in [-0.2, -0.15) is 0 Å². The van der Waals surface area contributed by atoms with Crippen LogP contribution in [0.4, 0.5) is 4.39 Å². The van der Waals surface area contributed by atoms with E-state index in [0.717, 1.165) is 24.2 Å². The van der Waals surface area contributed by atoms with Gasteiger partial charge in [0.05, 0.1) is 30.6 Å². The van der Waals surface area contributed by atoms with E-state index in [1.165, 1.54) is 24.3 Å². The molecule has 1 aromatic heterocycles. The first kappa shape index (κ1) is 18.3. The molecule has 1 amide bonds. The molecule has 0 aliphatic carbocycles. The molecule has 26 heavy (non-hydrogen) atoms. The molecule has 7 heteroatoms. The fourth-order valence-corrected chi connectivity index (χ4v) is 2.97. The summed E-state index contributed by atoms with van der Waals surface area (Å²) in [4.78, 5) is 23.0. The summed E-state index contributed by atoms with van der Waals surface area (Å²) in [7, 11) is 0. The van der Waals surface area contributed by atoms with Gasteiger partial charge in [0.15, 0.2) is 6.61 Å². The Balaban J connectivity index is 1.56. The Labute approximate surface area is 152 Å². The van der Waals surface area contributed by atoms with Gasteiger partial charge in [0, 0.05) is 18.9 Å². The van der Waals surface area contributed by atoms with Gasteiger partial charge in [-0.05, 0) is 44.0 Å². The van der Waals surface area contributed by atoms with Gasteiger partial charge in [-0.1, -0.05) is 0 Å². The van der Waals surface area contributed by atoms with Crippen LogP contribution in [0.3, 0.4) is 0 Å². The van der Waals surface area contributed by atoms with Crippen molar-refractivity contribution in [1.82, 2.24) is 14.9 Å². The van der Waals surface area contributed by atoms with Crippen LogP contribution in [-0.2, 0) is 16.0 Å². The first-order valence-corrected chi connectivity index (χ1v) is 8.65. The van der Waals surface area contributed by atoms with Crippen LogP contribution in [0.15, 0.2) is 36.7 Å². The lowest BCUT2D eigenvalue weighted by Crippen LogP contribution is -2.50. The van der Waals surface area contributed by atoms with E-state index in [1.54, 1.807) is 17.3 Å². The molecule has 0 unspecified atom stereocenters. The molecule has 2 aromatic rings. The number of morpholine rings is 1. The normalized spacial score (nSPS) is 17.2. The van der Waals surface area contributed by atoms with Crippen molar-refractivity contribution in [2.75, 3.05) is 26.4 Å². The average Bonchev–Trinajstić information content (AvgIpc) is 2.67. The Morgan fingerprint density at radius 3 is 2.85 bits per heavy atom. The van der Waals surface area contributed by atoms with Crippen LogP contribution in [-0.4, -0.2) is 53.2 Å². The van der Waals surface area contributed by atoms with Crippen LogP contribution in [0.5, 0.6) is 5.75 Å². The fourth-order valence-electron chi connectivity index (χ4n) is 2.97. The summed E-state index contributed by atoms with van der Waals surface area (Å²) in [6, 6.07) is 5.61. The molecule has 3 rings (SSSR count). The van der Waals surface area contributed by atoms with E-state index in [2.05, 4.69) is 9.97 Å². The van der Waals surface area contributed by atoms with E-state index < -0.39 is 0 Å². The summed E-state index contributed by atoms with van der Waals surface area (Å²) in [5, 5.41) is 0. The predicted octanol–water partition coefficient (Wildman–Crippen LogP) is 2.16. The Kier molecular flexibility index (Phi) is 6.12. The molecule has 0 saturated carbocycles. The summed E-state index contributed by atoms with van der Waals surface area (Å²) < 4.78 is 24.0. The van der Waals surface area contributed by atoms with Gasteiger partial charge in [0.2, 0.25) is 0 Å². The van der Waals surface area contributed by atoms with E-state index in [-0.39, 0.29) is 24.4 Å². The fraction of sp³-hybridized carbons (Fsp3) is 0.421. The summed E-state index contributed by atoms with van der Waals surface area (Å²) in [6.07, 6.45) is 4.84. The van der Waals surface area contributed by atoms with Crippen molar-refractivity contribution >= 4 is 5.91 Å². The number of nitrogens with zero attached hydrogens (tertiary/aromatic N) is 3. The number of aromatic nitrogens is 2. The van der Waals surface area contributed by atoms with Crippen LogP contribution < -0.4 is 4.74 Å². The first-order chi connectivity index (χ1) is 12.6. The largest absolute Gasteiger partial charge is 0.484 e. The van der Waals surface area contributed by atoms with Crippen molar-refractivity contribution in [3.05, 3.63) is 53.9 Å². The number of halogens is 1. The summed E-state index contributed by atoms with van der Waals surface area (Å²) in [5.74, 6) is 0.0365. The molecule has 1 aromatic carbocycles. The van der Waals surface area contributed by atoms with Gasteiger partial charge < -0.3 is 14.4 Å². The Morgan fingerprint density at radius 2 is 2.08 bits per heavy atom. The number of carbonyl (C=O) groups is 1. The van der Waals surface area contributed by atoms with Crippen LogP contribution in [0.2, 0.25) is 0 Å². The van der Waals surface area contributed by atoms with Gasteiger partial charge in [0.1, 0.15) is 11.6 Å². The van der Waals surface area contributed by atoms with Crippen molar-refractivity contribution in [2.24, 2.45) is 0 Å². The third kappa shape index (κ3) is 4.76. The number of hydrogen-bond acceptors (Lipinski definition) is 5. The molecule has 1 aliphatic heterocycles. The van der Waals surface area contributed by atoms with Crippen LogP contribution >= 0.6 is 0 Å². The maximum atomic E-state index is 12.9. The minimum Gasteiger partial charge on any atom is -0.484 e. The van der Waals surface area contributed by atoms with Gasteiger partial charge in [-0.25, -0.2) is 4.39 Å². The predicted molar refractivity (Wildman–Crippen MR) is 93.3 cm³/mol. The summed E-state index contributed by atoms with van der Waals surface area (Å²) >= 11 is 0. The molecular weight excluding hydrogens is 337 g/mol. The summed E-state index contributed by atoms with van der Waals surface area (Å²) in [5.41, 5.74) is 1.84. The molecule has 0 N–H and O–H groups in total. The van der Waals surface area contributed by atoms with E-state index in [0.29, 0.717) is 25.5 Å². The zero-order valence-corrected chi connectivity index (χ0v) is 14.7. The second-order valence-corrected chi connectivity index (χ2v) is 6.19. The van der Waals surface area contributed by atoms with E-state index in [4.69, 9.17) is 9.47 Å². The van der Waals surface area contributed by atoms with Crippen molar-refractivity contribution in [1.29, 1.82) is 0 Å². The number of amides is 1. The number of hydrogen-bond donors (Lipinski definition) is 0. The quantitative estimate of drug-likeness (QED) is 0.791. The highest BCUT2D eigenvalue weighted by Gasteiger charge is 2.27. The van der Waals surface area contributed by atoms with Crippen molar-refractivity contribution in [3.63, 3.8) is 0 Å². The van der Waals surface area contributed by atoms with Crippen LogP contribution in [0, 0.1) is 12.7 Å². The maximum absolute atomic E-state index is 12.9. The Morgan fingerprint density at radius 1 is 1.31 bits per heavy atom. The SMILES string of the molecule is Cc1nccnc1CC[C@H]1COCCN1C(=O)COc1ccc(F)cc1. The van der Waals surface area contributed by atoms with Gasteiger partial charge in [0.25, 0.3) is 5.91 Å². The van der Waals surface area contributed by atoms with Crippen LogP contribution in [0.1, 0.15) is 17.8 Å². The molecule has 6 nitrogen and oxygen atoms in total. The number of rotatable bonds is 6. The van der Waals surface area contributed by atoms with Crippen LogP contribution in [0.25, 0.3) is 0 Å². The van der Waals surface area contributed by atoms with E-state index >= 15 is 0 Å². The van der Waals surface area contributed by atoms with Gasteiger partial charge in [-0.15, -0.1) is 0 Å². The molecular formula is C19H22FN3O3. The van der Waals surface area contributed by atoms with E-state index in [1.807, 2.05) is 6.92 Å². The first-order valence-electron chi connectivity index (χ1n) is 8.65. The monoisotopic (exact) mass is 359 g/mol. The van der Waals surface area contributed by atoms with Crippen molar-refractivity contribution in [2.45, 2.75) is 25.8 Å². The lowest BCUT2D eigenvalue weighted by molar-refractivity contribution is -0.142. The molecule has 2 heterocycles. The highest BCUT2D eigenvalue weighted by Crippen LogP contribution is 2.16. The van der Waals surface area contributed by atoms with Crippen molar-refractivity contribution < 1.29 is 18.7 Å². The van der Waals surface area contributed by atoms with Gasteiger partial charge >= 0.3 is 0 Å². The minimum absolute atomic E-state index is 0.0190. The topological polar surface area (TPSA) is 64.6 Å². The molecule has 1 aliphatic rings. The number of ether oxygens (including phenoxy) is 2. The maximum Gasteiger partial charge on any atom is 0.260 e. The number of carbonyl (C=O) groups excluding carboxylic acids is 1. The average molecular weight is 359 g/mol. The lowest BCUT2D eigenvalue weighted by atomic mass is 10.1. The molecule has 0 spiro atoms. The number of benzene rings is 1. The summed E-state index contributed by atoms with van der Waals surface area (Å²) in [6.45, 7) is 3.41. The molecule has 138 valence electrons. The zero-order chi connectivity index (χ0) is 18.4. The molecule has 1 atom stereocenters. The van der Waals surface area contributed by atoms with Crippen molar-refractivity contribution in [3.8, 4) is 5.75 Å². The molecule has 1 fully saturated rings. The van der Waals surface area contributed by atoms with Gasteiger partial charge in [-0.3, -0.25) is 14.8 Å². The third-order valence-electron chi connectivity index (χ3n) is 4.42. The molecule has 1 saturated heterocycles. The third-order valence-corrected chi connectivity index (χ3v) is 4.42. The molecule has 0 bridgehead atoms.